The van der Waals surface area contributed by atoms with Crippen LogP contribution < -0.4 is 15.2 Å². The van der Waals surface area contributed by atoms with Gasteiger partial charge in [0.2, 0.25) is 0 Å². The van der Waals surface area contributed by atoms with Crippen LogP contribution >= 0.6 is 0 Å². The molecule has 1 heterocycles. The van der Waals surface area contributed by atoms with Crippen molar-refractivity contribution in [3.05, 3.63) is 48.0 Å². The Kier molecular flexibility index (Phi) is 3.13. The van der Waals surface area contributed by atoms with Gasteiger partial charge in [-0.3, -0.25) is 0 Å². The largest absolute Gasteiger partial charge is 0.497 e. The van der Waals surface area contributed by atoms with Crippen LogP contribution in [0.1, 0.15) is 5.56 Å². The highest BCUT2D eigenvalue weighted by Crippen LogP contribution is 2.39. The zero-order valence-electron chi connectivity index (χ0n) is 10.9. The van der Waals surface area contributed by atoms with Crippen LogP contribution in [-0.2, 0) is 6.42 Å². The zero-order valence-corrected chi connectivity index (χ0v) is 10.9. The molecule has 0 saturated heterocycles. The molecule has 2 aromatic carbocycles. The van der Waals surface area contributed by atoms with Gasteiger partial charge < -0.3 is 15.2 Å². The molecule has 3 heteroatoms. The Balaban J connectivity index is 2.05. The van der Waals surface area contributed by atoms with Crippen LogP contribution in [0.5, 0.6) is 11.5 Å². The summed E-state index contributed by atoms with van der Waals surface area (Å²) in [5, 5.41) is 0. The zero-order chi connectivity index (χ0) is 13.2. The minimum absolute atomic E-state index is 0.0988. The summed E-state index contributed by atoms with van der Waals surface area (Å²) < 4.78 is 11.2. The van der Waals surface area contributed by atoms with Gasteiger partial charge in [-0.15, -0.1) is 0 Å². The summed E-state index contributed by atoms with van der Waals surface area (Å²) in [4.78, 5) is 0. The molecule has 0 amide bonds. The Bertz CT molecular complexity index is 595. The Morgan fingerprint density at radius 3 is 2.89 bits per heavy atom. The summed E-state index contributed by atoms with van der Waals surface area (Å²) in [6.45, 7) is 0.548. The fourth-order valence-corrected chi connectivity index (χ4v) is 2.49. The van der Waals surface area contributed by atoms with Crippen molar-refractivity contribution in [1.29, 1.82) is 0 Å². The highest BCUT2D eigenvalue weighted by Gasteiger charge is 2.24. The first kappa shape index (κ1) is 12.1. The maximum Gasteiger partial charge on any atom is 0.130 e. The van der Waals surface area contributed by atoms with Crippen molar-refractivity contribution in [3.63, 3.8) is 0 Å². The maximum absolute atomic E-state index is 5.95. The third kappa shape index (κ3) is 2.17. The third-order valence-electron chi connectivity index (χ3n) is 3.47. The highest BCUT2D eigenvalue weighted by molar-refractivity contribution is 5.74. The number of rotatable bonds is 3. The second-order valence-corrected chi connectivity index (χ2v) is 4.71. The van der Waals surface area contributed by atoms with Crippen molar-refractivity contribution in [2.24, 2.45) is 5.73 Å². The van der Waals surface area contributed by atoms with E-state index < -0.39 is 0 Å². The summed E-state index contributed by atoms with van der Waals surface area (Å²) in [7, 11) is 1.68. The number of methoxy groups -OCH3 is 1. The van der Waals surface area contributed by atoms with E-state index in [9.17, 15) is 0 Å². The molecule has 0 bridgehead atoms. The summed E-state index contributed by atoms with van der Waals surface area (Å²) in [5.41, 5.74) is 9.14. The first-order valence-electron chi connectivity index (χ1n) is 6.45. The van der Waals surface area contributed by atoms with Gasteiger partial charge in [-0.05, 0) is 23.3 Å². The molecule has 0 saturated carbocycles. The molecule has 0 aromatic heterocycles. The molecule has 2 aromatic rings. The van der Waals surface area contributed by atoms with Gasteiger partial charge in [0.1, 0.15) is 17.6 Å². The van der Waals surface area contributed by atoms with E-state index in [-0.39, 0.29) is 6.10 Å². The quantitative estimate of drug-likeness (QED) is 0.917. The lowest BCUT2D eigenvalue weighted by Gasteiger charge is -2.11. The van der Waals surface area contributed by atoms with Crippen molar-refractivity contribution >= 4 is 0 Å². The number of para-hydroxylation sites is 1. The van der Waals surface area contributed by atoms with Gasteiger partial charge in [-0.1, -0.05) is 30.3 Å². The number of benzene rings is 2. The van der Waals surface area contributed by atoms with Crippen LogP contribution in [0.25, 0.3) is 11.1 Å². The molecular weight excluding hydrogens is 238 g/mol. The minimum Gasteiger partial charge on any atom is -0.497 e. The average molecular weight is 255 g/mol. The number of fused-ring (bicyclic) bond motifs is 1. The van der Waals surface area contributed by atoms with E-state index in [1.165, 1.54) is 5.56 Å². The maximum atomic E-state index is 5.95. The summed E-state index contributed by atoms with van der Waals surface area (Å²) >= 11 is 0. The molecule has 0 fully saturated rings. The molecule has 2 N–H and O–H groups in total. The fraction of sp³-hybridized carbons (Fsp3) is 0.250. The molecule has 19 heavy (non-hydrogen) atoms. The lowest BCUT2D eigenvalue weighted by atomic mass is 10.0. The Labute approximate surface area is 113 Å². The van der Waals surface area contributed by atoms with Gasteiger partial charge in [-0.25, -0.2) is 0 Å². The van der Waals surface area contributed by atoms with Gasteiger partial charge >= 0.3 is 0 Å². The van der Waals surface area contributed by atoms with E-state index >= 15 is 0 Å². The molecule has 3 rings (SSSR count). The van der Waals surface area contributed by atoms with Crippen molar-refractivity contribution in [2.45, 2.75) is 12.5 Å². The first-order chi connectivity index (χ1) is 9.31. The minimum atomic E-state index is 0.0988. The number of hydrogen-bond acceptors (Lipinski definition) is 3. The average Bonchev–Trinajstić information content (AvgIpc) is 2.90. The van der Waals surface area contributed by atoms with Crippen molar-refractivity contribution < 1.29 is 9.47 Å². The summed E-state index contributed by atoms with van der Waals surface area (Å²) in [5.74, 6) is 1.81. The van der Waals surface area contributed by atoms with Gasteiger partial charge in [-0.2, -0.15) is 0 Å². The fourth-order valence-electron chi connectivity index (χ4n) is 2.49. The summed E-state index contributed by atoms with van der Waals surface area (Å²) in [6, 6.07) is 14.3. The molecule has 1 aliphatic heterocycles. The van der Waals surface area contributed by atoms with Gasteiger partial charge in [0.25, 0.3) is 0 Å². The van der Waals surface area contributed by atoms with Crippen LogP contribution in [-0.4, -0.2) is 19.8 Å². The molecule has 1 aliphatic rings. The Morgan fingerprint density at radius 2 is 2.11 bits per heavy atom. The smallest absolute Gasteiger partial charge is 0.130 e. The van der Waals surface area contributed by atoms with E-state index in [0.29, 0.717) is 6.54 Å². The van der Waals surface area contributed by atoms with Crippen LogP contribution in [0.3, 0.4) is 0 Å². The molecule has 0 radical (unpaired) electrons. The molecule has 1 unspecified atom stereocenters. The van der Waals surface area contributed by atoms with Gasteiger partial charge in [0.15, 0.2) is 0 Å². The van der Waals surface area contributed by atoms with Crippen LogP contribution in [0.15, 0.2) is 42.5 Å². The standard InChI is InChI=1S/C16H17NO2/c1-18-13-6-2-4-11(8-13)15-7-3-5-12-9-14(10-17)19-16(12)15/h2-8,14H,9-10,17H2,1H3. The second-order valence-electron chi connectivity index (χ2n) is 4.71. The molecule has 1 atom stereocenters. The molecule has 0 spiro atoms. The van der Waals surface area contributed by atoms with E-state index in [1.54, 1.807) is 7.11 Å². The Hall–Kier alpha value is -2.00. The van der Waals surface area contributed by atoms with E-state index in [2.05, 4.69) is 24.3 Å². The predicted octanol–water partition coefficient (Wildman–Crippen LogP) is 2.62. The van der Waals surface area contributed by atoms with E-state index in [4.69, 9.17) is 15.2 Å². The monoisotopic (exact) mass is 255 g/mol. The summed E-state index contributed by atoms with van der Waals surface area (Å²) in [6.07, 6.45) is 0.991. The number of ether oxygens (including phenoxy) is 2. The second kappa shape index (κ2) is 4.94. The third-order valence-corrected chi connectivity index (χ3v) is 3.47. The van der Waals surface area contributed by atoms with Gasteiger partial charge in [0, 0.05) is 18.5 Å². The molecular formula is C16H17NO2. The molecule has 98 valence electrons. The lowest BCUT2D eigenvalue weighted by molar-refractivity contribution is 0.242. The molecule has 3 nitrogen and oxygen atoms in total. The van der Waals surface area contributed by atoms with E-state index in [0.717, 1.165) is 29.0 Å². The van der Waals surface area contributed by atoms with Gasteiger partial charge in [0.05, 0.1) is 7.11 Å². The normalized spacial score (nSPS) is 16.8. The highest BCUT2D eigenvalue weighted by atomic mass is 16.5. The van der Waals surface area contributed by atoms with Crippen LogP contribution in [0.2, 0.25) is 0 Å². The number of hydrogen-bond donors (Lipinski definition) is 1. The first-order valence-corrected chi connectivity index (χ1v) is 6.45. The Morgan fingerprint density at radius 1 is 1.26 bits per heavy atom. The van der Waals surface area contributed by atoms with E-state index in [1.807, 2.05) is 18.2 Å². The van der Waals surface area contributed by atoms with Crippen molar-refractivity contribution in [2.75, 3.05) is 13.7 Å². The van der Waals surface area contributed by atoms with Crippen LogP contribution in [0, 0.1) is 0 Å². The molecule has 0 aliphatic carbocycles. The topological polar surface area (TPSA) is 44.5 Å². The van der Waals surface area contributed by atoms with Crippen LogP contribution in [0.4, 0.5) is 0 Å². The predicted molar refractivity (Wildman–Crippen MR) is 75.6 cm³/mol. The van der Waals surface area contributed by atoms with Crippen molar-refractivity contribution in [3.8, 4) is 22.6 Å². The van der Waals surface area contributed by atoms with Crippen molar-refractivity contribution in [1.82, 2.24) is 0 Å². The lowest BCUT2D eigenvalue weighted by Crippen LogP contribution is -2.24. The SMILES string of the molecule is COc1cccc(-c2cccc3c2OC(CN)C3)c1. The number of nitrogens with two attached hydrogens (primary N) is 1.